The van der Waals surface area contributed by atoms with Gasteiger partial charge in [0, 0.05) is 12.8 Å². The first-order valence-electron chi connectivity index (χ1n) is 5.99. The number of fused-ring (bicyclic) bond motifs is 1. The topological polar surface area (TPSA) is 55.8 Å². The summed E-state index contributed by atoms with van der Waals surface area (Å²) < 4.78 is 11.0. The van der Waals surface area contributed by atoms with Crippen molar-refractivity contribution < 1.29 is 19.4 Å². The van der Waals surface area contributed by atoms with Gasteiger partial charge in [0.05, 0.1) is 18.3 Å². The Morgan fingerprint density at radius 2 is 2.06 bits per heavy atom. The summed E-state index contributed by atoms with van der Waals surface area (Å²) in [5.41, 5.74) is 0. The van der Waals surface area contributed by atoms with Crippen molar-refractivity contribution in [2.45, 2.75) is 58.0 Å². The van der Waals surface area contributed by atoms with Gasteiger partial charge in [0.2, 0.25) is 0 Å². The second-order valence-electron chi connectivity index (χ2n) is 5.13. The third-order valence-electron chi connectivity index (χ3n) is 3.84. The van der Waals surface area contributed by atoms with Crippen LogP contribution in [0.25, 0.3) is 0 Å². The first-order valence-corrected chi connectivity index (χ1v) is 5.99. The zero-order valence-corrected chi connectivity index (χ0v) is 10.1. The molecule has 0 spiro atoms. The van der Waals surface area contributed by atoms with E-state index in [0.29, 0.717) is 0 Å². The maximum absolute atomic E-state index is 11.0. The zero-order chi connectivity index (χ0) is 11.9. The van der Waals surface area contributed by atoms with E-state index in [4.69, 9.17) is 9.47 Å². The molecule has 0 aromatic rings. The van der Waals surface area contributed by atoms with Crippen molar-refractivity contribution in [3.05, 3.63) is 0 Å². The van der Waals surface area contributed by atoms with Crippen LogP contribution in [0.3, 0.4) is 0 Å². The molecule has 92 valence electrons. The van der Waals surface area contributed by atoms with Gasteiger partial charge in [-0.25, -0.2) is 0 Å². The number of ether oxygens (including phenoxy) is 2. The molecule has 16 heavy (non-hydrogen) atoms. The quantitative estimate of drug-likeness (QED) is 0.683. The van der Waals surface area contributed by atoms with Crippen LogP contribution in [0.4, 0.5) is 0 Å². The number of esters is 1. The fourth-order valence-corrected chi connectivity index (χ4v) is 2.95. The van der Waals surface area contributed by atoms with Crippen LogP contribution in [0.15, 0.2) is 0 Å². The summed E-state index contributed by atoms with van der Waals surface area (Å²) >= 11 is 0. The van der Waals surface area contributed by atoms with E-state index in [2.05, 4.69) is 0 Å². The average Bonchev–Trinajstić information content (AvgIpc) is 2.44. The van der Waals surface area contributed by atoms with Gasteiger partial charge in [-0.3, -0.25) is 4.79 Å². The number of rotatable bonds is 1. The molecule has 1 saturated carbocycles. The van der Waals surface area contributed by atoms with E-state index in [1.165, 1.54) is 6.92 Å². The molecule has 6 atom stereocenters. The van der Waals surface area contributed by atoms with Crippen LogP contribution in [0.2, 0.25) is 0 Å². The predicted octanol–water partition coefficient (Wildman–Crippen LogP) is 1.11. The first-order chi connectivity index (χ1) is 7.49. The SMILES string of the molecule is CC(=O)O[C@@H]1C[C@@H]2[C@@H](O)[C@@H](C)C[C@@H]2O[C@H]1C. The minimum atomic E-state index is -0.324. The Bertz CT molecular complexity index is 278. The Morgan fingerprint density at radius 3 is 2.69 bits per heavy atom. The van der Waals surface area contributed by atoms with Crippen molar-refractivity contribution in [1.29, 1.82) is 0 Å². The summed E-state index contributed by atoms with van der Waals surface area (Å²) in [6.07, 6.45) is 1.16. The van der Waals surface area contributed by atoms with Gasteiger partial charge in [0.1, 0.15) is 6.10 Å². The second kappa shape index (κ2) is 4.34. The maximum Gasteiger partial charge on any atom is 0.302 e. The van der Waals surface area contributed by atoms with E-state index < -0.39 is 0 Å². The van der Waals surface area contributed by atoms with Crippen LogP contribution in [0.1, 0.15) is 33.6 Å². The molecule has 0 amide bonds. The largest absolute Gasteiger partial charge is 0.460 e. The molecule has 0 radical (unpaired) electrons. The molecule has 1 aliphatic heterocycles. The average molecular weight is 228 g/mol. The Kier molecular flexibility index (Phi) is 3.22. The molecule has 0 aromatic carbocycles. The summed E-state index contributed by atoms with van der Waals surface area (Å²) in [6, 6.07) is 0. The molecule has 2 rings (SSSR count). The molecule has 0 aromatic heterocycles. The van der Waals surface area contributed by atoms with E-state index in [9.17, 15) is 9.90 Å². The molecule has 0 unspecified atom stereocenters. The number of carbonyl (C=O) groups excluding carboxylic acids is 1. The third kappa shape index (κ3) is 2.09. The van der Waals surface area contributed by atoms with Crippen molar-refractivity contribution in [2.75, 3.05) is 0 Å². The first kappa shape index (κ1) is 11.9. The van der Waals surface area contributed by atoms with Crippen molar-refractivity contribution >= 4 is 5.97 Å². The van der Waals surface area contributed by atoms with Gasteiger partial charge in [-0.05, 0) is 25.7 Å². The normalized spacial score (nSPS) is 47.5. The molecular formula is C12H20O4. The van der Waals surface area contributed by atoms with Gasteiger partial charge in [-0.15, -0.1) is 0 Å². The predicted molar refractivity (Wildman–Crippen MR) is 57.8 cm³/mol. The molecule has 0 bridgehead atoms. The molecule has 4 heteroatoms. The summed E-state index contributed by atoms with van der Waals surface area (Å²) in [5, 5.41) is 10.0. The lowest BCUT2D eigenvalue weighted by Crippen LogP contribution is -2.45. The highest BCUT2D eigenvalue weighted by atomic mass is 16.6. The molecule has 1 saturated heterocycles. The Hall–Kier alpha value is -0.610. The fraction of sp³-hybridized carbons (Fsp3) is 0.917. The molecule has 2 fully saturated rings. The van der Waals surface area contributed by atoms with Gasteiger partial charge >= 0.3 is 5.97 Å². The number of hydrogen-bond donors (Lipinski definition) is 1. The molecule has 1 N–H and O–H groups in total. The zero-order valence-electron chi connectivity index (χ0n) is 10.1. The standard InChI is InChI=1S/C12H20O4/c1-6-4-11-9(12(6)14)5-10(7(2)15-11)16-8(3)13/h6-7,9-12,14H,4-5H2,1-3H3/t6-,7-,9-,10+,11-,12-/m0/s1. The third-order valence-corrected chi connectivity index (χ3v) is 3.84. The van der Waals surface area contributed by atoms with Crippen molar-refractivity contribution in [1.82, 2.24) is 0 Å². The smallest absolute Gasteiger partial charge is 0.302 e. The minimum absolute atomic E-state index is 0.0670. The summed E-state index contributed by atoms with van der Waals surface area (Å²) in [7, 11) is 0. The van der Waals surface area contributed by atoms with Gasteiger partial charge in [0.25, 0.3) is 0 Å². The van der Waals surface area contributed by atoms with Crippen LogP contribution in [0.5, 0.6) is 0 Å². The molecule has 1 aliphatic carbocycles. The highest BCUT2D eigenvalue weighted by Crippen LogP contribution is 2.41. The number of carbonyl (C=O) groups is 1. The van der Waals surface area contributed by atoms with Crippen molar-refractivity contribution in [3.8, 4) is 0 Å². The molecule has 4 nitrogen and oxygen atoms in total. The molecule has 1 heterocycles. The summed E-state index contributed by atoms with van der Waals surface area (Å²) in [6.45, 7) is 5.38. The number of hydrogen-bond acceptors (Lipinski definition) is 4. The van der Waals surface area contributed by atoms with E-state index in [1.54, 1.807) is 0 Å². The Balaban J connectivity index is 2.03. The van der Waals surface area contributed by atoms with Crippen molar-refractivity contribution in [2.24, 2.45) is 11.8 Å². The van der Waals surface area contributed by atoms with E-state index >= 15 is 0 Å². The monoisotopic (exact) mass is 228 g/mol. The molecular weight excluding hydrogens is 208 g/mol. The van der Waals surface area contributed by atoms with Gasteiger partial charge in [-0.1, -0.05) is 6.92 Å². The van der Waals surface area contributed by atoms with Crippen molar-refractivity contribution in [3.63, 3.8) is 0 Å². The van der Waals surface area contributed by atoms with Crippen LogP contribution in [0, 0.1) is 11.8 Å². The van der Waals surface area contributed by atoms with Gasteiger partial charge < -0.3 is 14.6 Å². The van der Waals surface area contributed by atoms with Crippen LogP contribution in [-0.4, -0.2) is 35.5 Å². The lowest BCUT2D eigenvalue weighted by Gasteiger charge is -2.37. The van der Waals surface area contributed by atoms with Gasteiger partial charge in [-0.2, -0.15) is 0 Å². The van der Waals surface area contributed by atoms with E-state index in [-0.39, 0.29) is 42.2 Å². The Labute approximate surface area is 95.9 Å². The number of aliphatic hydroxyl groups excluding tert-OH is 1. The Morgan fingerprint density at radius 1 is 1.38 bits per heavy atom. The maximum atomic E-state index is 11.0. The fourth-order valence-electron chi connectivity index (χ4n) is 2.95. The molecule has 2 aliphatic rings. The van der Waals surface area contributed by atoms with E-state index in [0.717, 1.165) is 12.8 Å². The lowest BCUT2D eigenvalue weighted by molar-refractivity contribution is -0.177. The summed E-state index contributed by atoms with van der Waals surface area (Å²) in [4.78, 5) is 11.0. The highest BCUT2D eigenvalue weighted by Gasteiger charge is 2.47. The highest BCUT2D eigenvalue weighted by molar-refractivity contribution is 5.66. The number of aliphatic hydroxyl groups is 1. The minimum Gasteiger partial charge on any atom is -0.460 e. The van der Waals surface area contributed by atoms with Crippen LogP contribution < -0.4 is 0 Å². The van der Waals surface area contributed by atoms with Crippen LogP contribution >= 0.6 is 0 Å². The van der Waals surface area contributed by atoms with E-state index in [1.807, 2.05) is 13.8 Å². The lowest BCUT2D eigenvalue weighted by atomic mass is 9.90. The van der Waals surface area contributed by atoms with Gasteiger partial charge in [0.15, 0.2) is 0 Å². The summed E-state index contributed by atoms with van der Waals surface area (Å²) in [5.74, 6) is 0.119. The van der Waals surface area contributed by atoms with Crippen LogP contribution in [-0.2, 0) is 14.3 Å². The second-order valence-corrected chi connectivity index (χ2v) is 5.13.